The zero-order valence-electron chi connectivity index (χ0n) is 10.4. The minimum atomic E-state index is -0.393. The average Bonchev–Trinajstić information content (AvgIpc) is 2.30. The SMILES string of the molecule is CCCc1ccc([N+](=O)[O-])c(NCC)c1OC. The molecular weight excluding hydrogens is 220 g/mol. The van der Waals surface area contributed by atoms with Gasteiger partial charge in [0.15, 0.2) is 11.4 Å². The lowest BCUT2D eigenvalue weighted by Crippen LogP contribution is -2.05. The summed E-state index contributed by atoms with van der Waals surface area (Å²) in [6, 6.07) is 3.30. The lowest BCUT2D eigenvalue weighted by atomic mass is 10.1. The summed E-state index contributed by atoms with van der Waals surface area (Å²) in [7, 11) is 1.54. The average molecular weight is 238 g/mol. The van der Waals surface area contributed by atoms with E-state index in [1.807, 2.05) is 6.92 Å². The minimum Gasteiger partial charge on any atom is -0.494 e. The second kappa shape index (κ2) is 6.08. The summed E-state index contributed by atoms with van der Waals surface area (Å²) in [6.07, 6.45) is 1.82. The Morgan fingerprint density at radius 2 is 2.12 bits per heavy atom. The van der Waals surface area contributed by atoms with Gasteiger partial charge in [0.05, 0.1) is 12.0 Å². The number of nitro benzene ring substituents is 1. The molecule has 0 fully saturated rings. The molecule has 0 bridgehead atoms. The number of methoxy groups -OCH3 is 1. The van der Waals surface area contributed by atoms with E-state index in [1.54, 1.807) is 13.2 Å². The van der Waals surface area contributed by atoms with Crippen molar-refractivity contribution in [1.29, 1.82) is 0 Å². The van der Waals surface area contributed by atoms with Gasteiger partial charge in [-0.3, -0.25) is 10.1 Å². The molecule has 94 valence electrons. The fraction of sp³-hybridized carbons (Fsp3) is 0.500. The molecule has 0 saturated heterocycles. The number of nitrogens with one attached hydrogen (secondary N) is 1. The van der Waals surface area contributed by atoms with Gasteiger partial charge < -0.3 is 10.1 Å². The van der Waals surface area contributed by atoms with E-state index in [0.717, 1.165) is 18.4 Å². The van der Waals surface area contributed by atoms with Crippen molar-refractivity contribution in [3.63, 3.8) is 0 Å². The molecule has 5 nitrogen and oxygen atoms in total. The Labute approximate surface area is 101 Å². The van der Waals surface area contributed by atoms with Crippen LogP contribution in [0.15, 0.2) is 12.1 Å². The van der Waals surface area contributed by atoms with Gasteiger partial charge in [0.1, 0.15) is 0 Å². The number of aryl methyl sites for hydroxylation is 1. The highest BCUT2D eigenvalue weighted by atomic mass is 16.6. The van der Waals surface area contributed by atoms with Crippen LogP contribution in [0.4, 0.5) is 11.4 Å². The third-order valence-electron chi connectivity index (χ3n) is 2.49. The van der Waals surface area contributed by atoms with E-state index in [4.69, 9.17) is 4.74 Å². The molecule has 0 aliphatic rings. The van der Waals surface area contributed by atoms with Crippen molar-refractivity contribution in [2.75, 3.05) is 19.0 Å². The molecule has 1 aromatic carbocycles. The van der Waals surface area contributed by atoms with Gasteiger partial charge in [-0.05, 0) is 25.0 Å². The monoisotopic (exact) mass is 238 g/mol. The Hall–Kier alpha value is -1.78. The van der Waals surface area contributed by atoms with Crippen LogP contribution in [-0.4, -0.2) is 18.6 Å². The maximum absolute atomic E-state index is 10.9. The van der Waals surface area contributed by atoms with E-state index in [-0.39, 0.29) is 5.69 Å². The summed E-state index contributed by atoms with van der Waals surface area (Å²) in [5.41, 5.74) is 1.53. The second-order valence-corrected chi connectivity index (χ2v) is 3.69. The van der Waals surface area contributed by atoms with Crippen molar-refractivity contribution in [3.8, 4) is 5.75 Å². The van der Waals surface area contributed by atoms with E-state index >= 15 is 0 Å². The predicted octanol–water partition coefficient (Wildman–Crippen LogP) is 2.99. The number of nitro groups is 1. The van der Waals surface area contributed by atoms with Crippen LogP contribution in [0.5, 0.6) is 5.75 Å². The molecule has 0 aromatic heterocycles. The predicted molar refractivity (Wildman–Crippen MR) is 67.8 cm³/mol. The Bertz CT molecular complexity index is 405. The van der Waals surface area contributed by atoms with E-state index < -0.39 is 4.92 Å². The molecule has 1 N–H and O–H groups in total. The summed E-state index contributed by atoms with van der Waals surface area (Å²) in [5, 5.41) is 14.0. The quantitative estimate of drug-likeness (QED) is 0.611. The van der Waals surface area contributed by atoms with Gasteiger partial charge in [-0.15, -0.1) is 0 Å². The Morgan fingerprint density at radius 1 is 1.41 bits per heavy atom. The first-order chi connectivity index (χ1) is 8.15. The van der Waals surface area contributed by atoms with E-state index in [2.05, 4.69) is 12.2 Å². The van der Waals surface area contributed by atoms with Crippen LogP contribution in [0.25, 0.3) is 0 Å². The first-order valence-electron chi connectivity index (χ1n) is 5.73. The fourth-order valence-corrected chi connectivity index (χ4v) is 1.81. The molecule has 17 heavy (non-hydrogen) atoms. The maximum atomic E-state index is 10.9. The molecule has 0 aliphatic carbocycles. The van der Waals surface area contributed by atoms with Crippen molar-refractivity contribution in [1.82, 2.24) is 0 Å². The first-order valence-corrected chi connectivity index (χ1v) is 5.73. The number of hydrogen-bond donors (Lipinski definition) is 1. The molecule has 0 amide bonds. The highest BCUT2D eigenvalue weighted by Gasteiger charge is 2.20. The molecule has 0 radical (unpaired) electrons. The van der Waals surface area contributed by atoms with Crippen LogP contribution >= 0.6 is 0 Å². The molecule has 1 rings (SSSR count). The van der Waals surface area contributed by atoms with Gasteiger partial charge in [-0.25, -0.2) is 0 Å². The smallest absolute Gasteiger partial charge is 0.296 e. The summed E-state index contributed by atoms with van der Waals surface area (Å²) >= 11 is 0. The van der Waals surface area contributed by atoms with Crippen LogP contribution < -0.4 is 10.1 Å². The number of hydrogen-bond acceptors (Lipinski definition) is 4. The van der Waals surface area contributed by atoms with Gasteiger partial charge >= 0.3 is 0 Å². The Morgan fingerprint density at radius 3 is 2.59 bits per heavy atom. The van der Waals surface area contributed by atoms with Crippen LogP contribution in [0.1, 0.15) is 25.8 Å². The van der Waals surface area contributed by atoms with Crippen LogP contribution in [0, 0.1) is 10.1 Å². The number of anilines is 1. The second-order valence-electron chi connectivity index (χ2n) is 3.69. The zero-order valence-corrected chi connectivity index (χ0v) is 10.4. The first kappa shape index (κ1) is 13.3. The van der Waals surface area contributed by atoms with Gasteiger partial charge in [0.2, 0.25) is 0 Å². The van der Waals surface area contributed by atoms with Crippen molar-refractivity contribution in [2.24, 2.45) is 0 Å². The van der Waals surface area contributed by atoms with Crippen molar-refractivity contribution in [2.45, 2.75) is 26.7 Å². The molecule has 0 aliphatic heterocycles. The zero-order chi connectivity index (χ0) is 12.8. The van der Waals surface area contributed by atoms with Crippen LogP contribution in [0.2, 0.25) is 0 Å². The molecule has 0 saturated carbocycles. The highest BCUT2D eigenvalue weighted by Crippen LogP contribution is 2.37. The molecule has 5 heteroatoms. The summed E-state index contributed by atoms with van der Waals surface area (Å²) < 4.78 is 5.31. The van der Waals surface area contributed by atoms with Gasteiger partial charge in [-0.2, -0.15) is 0 Å². The number of rotatable bonds is 6. The number of ether oxygens (including phenoxy) is 1. The lowest BCUT2D eigenvalue weighted by Gasteiger charge is -2.14. The number of nitrogens with zero attached hydrogens (tertiary/aromatic N) is 1. The van der Waals surface area contributed by atoms with Gasteiger partial charge in [-0.1, -0.05) is 13.3 Å². The van der Waals surface area contributed by atoms with Crippen LogP contribution in [0.3, 0.4) is 0 Å². The molecule has 0 unspecified atom stereocenters. The standard InChI is InChI=1S/C12H18N2O3/c1-4-6-9-7-8-10(14(15)16)11(13-5-2)12(9)17-3/h7-8,13H,4-6H2,1-3H3. The topological polar surface area (TPSA) is 64.4 Å². The Kier molecular flexibility index (Phi) is 4.75. The van der Waals surface area contributed by atoms with Gasteiger partial charge in [0.25, 0.3) is 5.69 Å². The minimum absolute atomic E-state index is 0.0588. The Balaban J connectivity index is 3.32. The summed E-state index contributed by atoms with van der Waals surface area (Å²) in [6.45, 7) is 4.58. The summed E-state index contributed by atoms with van der Waals surface area (Å²) in [4.78, 5) is 10.6. The highest BCUT2D eigenvalue weighted by molar-refractivity contribution is 5.72. The lowest BCUT2D eigenvalue weighted by molar-refractivity contribution is -0.384. The third-order valence-corrected chi connectivity index (χ3v) is 2.49. The normalized spacial score (nSPS) is 10.1. The van der Waals surface area contributed by atoms with E-state index in [1.165, 1.54) is 6.07 Å². The molecule has 0 atom stereocenters. The fourth-order valence-electron chi connectivity index (χ4n) is 1.81. The van der Waals surface area contributed by atoms with Crippen molar-refractivity contribution < 1.29 is 9.66 Å². The molecular formula is C12H18N2O3. The van der Waals surface area contributed by atoms with Gasteiger partial charge in [0, 0.05) is 12.6 Å². The number of benzene rings is 1. The molecule has 1 aromatic rings. The molecule has 0 spiro atoms. The molecule has 0 heterocycles. The largest absolute Gasteiger partial charge is 0.494 e. The third kappa shape index (κ3) is 2.87. The van der Waals surface area contributed by atoms with E-state index in [9.17, 15) is 10.1 Å². The summed E-state index contributed by atoms with van der Waals surface area (Å²) in [5.74, 6) is 0.586. The van der Waals surface area contributed by atoms with Crippen LogP contribution in [-0.2, 0) is 6.42 Å². The van der Waals surface area contributed by atoms with Crippen molar-refractivity contribution in [3.05, 3.63) is 27.8 Å². The van der Waals surface area contributed by atoms with Crippen molar-refractivity contribution >= 4 is 11.4 Å². The maximum Gasteiger partial charge on any atom is 0.296 e. The van der Waals surface area contributed by atoms with E-state index in [0.29, 0.717) is 18.0 Å².